The summed E-state index contributed by atoms with van der Waals surface area (Å²) >= 11 is 0. The lowest BCUT2D eigenvalue weighted by Crippen LogP contribution is -2.35. The van der Waals surface area contributed by atoms with Gasteiger partial charge in [-0.3, -0.25) is 5.10 Å². The number of urea groups is 1. The predicted molar refractivity (Wildman–Crippen MR) is 130 cm³/mol. The van der Waals surface area contributed by atoms with Gasteiger partial charge in [-0.1, -0.05) is 12.1 Å². The van der Waals surface area contributed by atoms with Gasteiger partial charge in [0.25, 0.3) is 0 Å². The van der Waals surface area contributed by atoms with Crippen LogP contribution in [0.3, 0.4) is 0 Å². The van der Waals surface area contributed by atoms with Gasteiger partial charge in [-0.05, 0) is 53.7 Å². The second-order valence-corrected chi connectivity index (χ2v) is 7.81. The molecule has 2 aromatic heterocycles. The van der Waals surface area contributed by atoms with Crippen LogP contribution in [0.15, 0.2) is 79.0 Å². The number of nitrogens with zero attached hydrogens (tertiary/aromatic N) is 4. The lowest BCUT2D eigenvalue weighted by atomic mass is 10.1. The average molecular weight is 454 g/mol. The van der Waals surface area contributed by atoms with Crippen molar-refractivity contribution in [1.82, 2.24) is 30.4 Å². The molecule has 0 fully saturated rings. The molecule has 34 heavy (non-hydrogen) atoms. The summed E-state index contributed by atoms with van der Waals surface area (Å²) in [7, 11) is 0. The predicted octanol–water partition coefficient (Wildman–Crippen LogP) is 3.06. The molecular formula is C24H23N9O. The molecule has 0 spiro atoms. The minimum absolute atomic E-state index is 0.246. The van der Waals surface area contributed by atoms with E-state index in [0.29, 0.717) is 30.4 Å². The number of aromatic nitrogens is 4. The average Bonchev–Trinajstić information content (AvgIpc) is 3.50. The van der Waals surface area contributed by atoms with Crippen LogP contribution in [-0.4, -0.2) is 31.1 Å². The van der Waals surface area contributed by atoms with Gasteiger partial charge in [0.1, 0.15) is 5.82 Å². The van der Waals surface area contributed by atoms with Crippen molar-refractivity contribution in [1.29, 1.82) is 0 Å². The number of hydrogen-bond donors (Lipinski definition) is 5. The fourth-order valence-electron chi connectivity index (χ4n) is 3.86. The Balaban J connectivity index is 1.32. The monoisotopic (exact) mass is 453 g/mol. The molecule has 10 nitrogen and oxygen atoms in total. The zero-order valence-corrected chi connectivity index (χ0v) is 18.2. The van der Waals surface area contributed by atoms with E-state index in [9.17, 15) is 4.79 Å². The van der Waals surface area contributed by atoms with Crippen molar-refractivity contribution in [2.75, 3.05) is 5.32 Å². The zero-order chi connectivity index (χ0) is 23.5. The number of hydrogen-bond acceptors (Lipinski definition) is 7. The van der Waals surface area contributed by atoms with Crippen LogP contribution in [0.1, 0.15) is 11.1 Å². The SMILES string of the molecule is N/C=C\C(=C/N)NC(=O)N1Cc2ccc(-c3nccc(Nc4ccc5[nH]ncc5c4)n3)cc2C1. The van der Waals surface area contributed by atoms with E-state index in [1.165, 1.54) is 18.5 Å². The number of benzene rings is 2. The number of anilines is 2. The number of carbonyl (C=O) groups excluding carboxylic acids is 1. The van der Waals surface area contributed by atoms with E-state index in [1.807, 2.05) is 42.5 Å². The van der Waals surface area contributed by atoms with E-state index < -0.39 is 0 Å². The van der Waals surface area contributed by atoms with E-state index in [-0.39, 0.29) is 6.03 Å². The Bertz CT molecular complexity index is 1420. The van der Waals surface area contributed by atoms with Crippen molar-refractivity contribution < 1.29 is 4.79 Å². The highest BCUT2D eigenvalue weighted by molar-refractivity contribution is 5.82. The van der Waals surface area contributed by atoms with Crippen LogP contribution in [0.25, 0.3) is 22.3 Å². The molecule has 0 unspecified atom stereocenters. The molecule has 0 aliphatic carbocycles. The normalized spacial score (nSPS) is 13.4. The molecule has 7 N–H and O–H groups in total. The second kappa shape index (κ2) is 8.94. The summed E-state index contributed by atoms with van der Waals surface area (Å²) < 4.78 is 0. The van der Waals surface area contributed by atoms with Crippen LogP contribution >= 0.6 is 0 Å². The Morgan fingerprint density at radius 1 is 1.09 bits per heavy atom. The van der Waals surface area contributed by atoms with Crippen LogP contribution in [0.2, 0.25) is 0 Å². The highest BCUT2D eigenvalue weighted by atomic mass is 16.2. The maximum atomic E-state index is 12.6. The molecule has 0 saturated heterocycles. The van der Waals surface area contributed by atoms with Crippen molar-refractivity contribution in [3.8, 4) is 11.4 Å². The number of aromatic amines is 1. The van der Waals surface area contributed by atoms with Gasteiger partial charge in [0.2, 0.25) is 0 Å². The van der Waals surface area contributed by atoms with Gasteiger partial charge in [0.05, 0.1) is 17.4 Å². The molecular weight excluding hydrogens is 430 g/mol. The number of nitrogens with two attached hydrogens (primary N) is 2. The molecule has 0 radical (unpaired) electrons. The number of H-pyrrole nitrogens is 1. The van der Waals surface area contributed by atoms with Gasteiger partial charge >= 0.3 is 6.03 Å². The summed E-state index contributed by atoms with van der Waals surface area (Å²) in [4.78, 5) is 23.4. The summed E-state index contributed by atoms with van der Waals surface area (Å²) in [6.07, 6.45) is 7.66. The van der Waals surface area contributed by atoms with Crippen LogP contribution in [0, 0.1) is 0 Å². The number of rotatable bonds is 5. The molecule has 0 atom stereocenters. The number of fused-ring (bicyclic) bond motifs is 2. The lowest BCUT2D eigenvalue weighted by molar-refractivity contribution is 0.201. The minimum Gasteiger partial charge on any atom is -0.405 e. The maximum Gasteiger partial charge on any atom is 0.322 e. The molecule has 0 saturated carbocycles. The fourth-order valence-corrected chi connectivity index (χ4v) is 3.86. The summed E-state index contributed by atoms with van der Waals surface area (Å²) in [5, 5.41) is 14.1. The Labute approximate surface area is 195 Å². The first-order valence-corrected chi connectivity index (χ1v) is 10.6. The topological polar surface area (TPSA) is 151 Å². The van der Waals surface area contributed by atoms with Crippen molar-refractivity contribution in [2.24, 2.45) is 11.5 Å². The minimum atomic E-state index is -0.246. The van der Waals surface area contributed by atoms with Gasteiger partial charge in [0.15, 0.2) is 5.82 Å². The van der Waals surface area contributed by atoms with Gasteiger partial charge in [-0.25, -0.2) is 14.8 Å². The number of allylic oxidation sites excluding steroid dienone is 1. The zero-order valence-electron chi connectivity index (χ0n) is 18.2. The molecule has 0 bridgehead atoms. The van der Waals surface area contributed by atoms with E-state index in [4.69, 9.17) is 11.5 Å². The molecule has 5 rings (SSSR count). The molecule has 170 valence electrons. The van der Waals surface area contributed by atoms with E-state index >= 15 is 0 Å². The molecule has 1 aliphatic heterocycles. The molecule has 3 heterocycles. The van der Waals surface area contributed by atoms with Crippen LogP contribution in [0.4, 0.5) is 16.3 Å². The standard InChI is InChI=1S/C24H23N9O/c25-7-5-20(11-26)30-24(34)33-13-16-2-1-15(9-18(16)14-33)23-27-8-6-22(31-23)29-19-3-4-21-17(10-19)12-28-32-21/h1-12H,13-14,25-26H2,(H,28,32)(H,30,34)(H,27,29,31)/b7-5-,20-11+. The van der Waals surface area contributed by atoms with Gasteiger partial charge in [0, 0.05) is 42.1 Å². The van der Waals surface area contributed by atoms with Crippen LogP contribution < -0.4 is 22.1 Å². The van der Waals surface area contributed by atoms with E-state index in [0.717, 1.165) is 33.3 Å². The first-order valence-electron chi connectivity index (χ1n) is 10.6. The first-order chi connectivity index (χ1) is 16.6. The second-order valence-electron chi connectivity index (χ2n) is 7.81. The third-order valence-electron chi connectivity index (χ3n) is 5.55. The van der Waals surface area contributed by atoms with E-state index in [2.05, 4.69) is 30.8 Å². The van der Waals surface area contributed by atoms with Crippen molar-refractivity contribution in [3.05, 3.63) is 90.2 Å². The maximum absolute atomic E-state index is 12.6. The summed E-state index contributed by atoms with van der Waals surface area (Å²) in [6, 6.07) is 13.5. The summed E-state index contributed by atoms with van der Waals surface area (Å²) in [5.41, 5.74) is 16.2. The fraction of sp³-hybridized carbons (Fsp3) is 0.0833. The molecule has 4 aromatic rings. The van der Waals surface area contributed by atoms with Crippen molar-refractivity contribution >= 4 is 28.4 Å². The molecule has 2 aromatic carbocycles. The lowest BCUT2D eigenvalue weighted by Gasteiger charge is -2.16. The Morgan fingerprint density at radius 3 is 2.82 bits per heavy atom. The van der Waals surface area contributed by atoms with Gasteiger partial charge < -0.3 is 27.0 Å². The molecule has 10 heteroatoms. The van der Waals surface area contributed by atoms with Gasteiger partial charge in [-0.2, -0.15) is 5.10 Å². The van der Waals surface area contributed by atoms with E-state index in [1.54, 1.807) is 17.3 Å². The van der Waals surface area contributed by atoms with Crippen molar-refractivity contribution in [3.63, 3.8) is 0 Å². The third kappa shape index (κ3) is 4.24. The Morgan fingerprint density at radius 2 is 1.97 bits per heavy atom. The molecule has 2 amide bonds. The molecule has 1 aliphatic rings. The summed E-state index contributed by atoms with van der Waals surface area (Å²) in [5.74, 6) is 1.28. The Hall–Kier alpha value is -4.86. The number of amides is 2. The van der Waals surface area contributed by atoms with Crippen LogP contribution in [-0.2, 0) is 13.1 Å². The first kappa shape index (κ1) is 21.0. The number of carbonyl (C=O) groups is 1. The smallest absolute Gasteiger partial charge is 0.322 e. The Kier molecular flexibility index (Phi) is 5.53. The van der Waals surface area contributed by atoms with Crippen LogP contribution in [0.5, 0.6) is 0 Å². The van der Waals surface area contributed by atoms with Crippen molar-refractivity contribution in [2.45, 2.75) is 13.1 Å². The quantitative estimate of drug-likeness (QED) is 0.291. The summed E-state index contributed by atoms with van der Waals surface area (Å²) in [6.45, 7) is 0.979. The van der Waals surface area contributed by atoms with Gasteiger partial charge in [-0.15, -0.1) is 0 Å². The highest BCUT2D eigenvalue weighted by Gasteiger charge is 2.24. The highest BCUT2D eigenvalue weighted by Crippen LogP contribution is 2.28. The number of nitrogens with one attached hydrogen (secondary N) is 3. The largest absolute Gasteiger partial charge is 0.405 e. The third-order valence-corrected chi connectivity index (χ3v) is 5.55.